The molecule has 0 amide bonds. The summed E-state index contributed by atoms with van der Waals surface area (Å²) in [7, 11) is 2.01. The molecule has 2 rings (SSSR count). The highest BCUT2D eigenvalue weighted by atomic mass is 79.9. The van der Waals surface area contributed by atoms with Crippen LogP contribution >= 0.6 is 15.9 Å². The van der Waals surface area contributed by atoms with Gasteiger partial charge in [0.2, 0.25) is 0 Å². The molecule has 1 aromatic rings. The van der Waals surface area contributed by atoms with Crippen LogP contribution in [0.1, 0.15) is 32.6 Å². The van der Waals surface area contributed by atoms with E-state index < -0.39 is 0 Å². The predicted molar refractivity (Wildman–Crippen MR) is 78.3 cm³/mol. The molecular weight excluding hydrogens is 295 g/mol. The quantitative estimate of drug-likeness (QED) is 0.829. The fourth-order valence-electron chi connectivity index (χ4n) is 2.68. The molecule has 0 unspecified atom stereocenters. The lowest BCUT2D eigenvalue weighted by atomic mass is 9.86. The number of benzene rings is 1. The van der Waals surface area contributed by atoms with Gasteiger partial charge in [-0.1, -0.05) is 6.92 Å². The van der Waals surface area contributed by atoms with Gasteiger partial charge in [-0.25, -0.2) is 4.39 Å². The van der Waals surface area contributed by atoms with Gasteiger partial charge in [0.1, 0.15) is 5.82 Å². The number of anilines is 2. The third-order valence-corrected chi connectivity index (χ3v) is 4.59. The Morgan fingerprint density at radius 3 is 2.50 bits per heavy atom. The molecule has 4 heteroatoms. The highest BCUT2D eigenvalue weighted by Gasteiger charge is 2.23. The maximum absolute atomic E-state index is 13.6. The molecule has 18 heavy (non-hydrogen) atoms. The topological polar surface area (TPSA) is 29.3 Å². The summed E-state index contributed by atoms with van der Waals surface area (Å²) < 4.78 is 14.0. The van der Waals surface area contributed by atoms with E-state index in [0.717, 1.165) is 24.4 Å². The highest BCUT2D eigenvalue weighted by Crippen LogP contribution is 2.34. The van der Waals surface area contributed by atoms with Crippen molar-refractivity contribution in [1.82, 2.24) is 0 Å². The fourth-order valence-corrected chi connectivity index (χ4v) is 3.04. The van der Waals surface area contributed by atoms with E-state index in [1.54, 1.807) is 6.07 Å². The van der Waals surface area contributed by atoms with Crippen molar-refractivity contribution in [2.75, 3.05) is 17.7 Å². The van der Waals surface area contributed by atoms with Crippen LogP contribution in [0, 0.1) is 11.7 Å². The zero-order valence-electron chi connectivity index (χ0n) is 10.9. The number of hydrogen-bond acceptors (Lipinski definition) is 2. The molecule has 0 bridgehead atoms. The molecule has 0 atom stereocenters. The lowest BCUT2D eigenvalue weighted by molar-refractivity contribution is 0.341. The van der Waals surface area contributed by atoms with Gasteiger partial charge in [0.25, 0.3) is 0 Å². The lowest BCUT2D eigenvalue weighted by Gasteiger charge is -2.35. The molecule has 1 aliphatic rings. The summed E-state index contributed by atoms with van der Waals surface area (Å²) in [5.41, 5.74) is 7.42. The van der Waals surface area contributed by atoms with Gasteiger partial charge in [-0.05, 0) is 53.6 Å². The number of nitrogens with two attached hydrogens (primary N) is 1. The van der Waals surface area contributed by atoms with E-state index in [9.17, 15) is 4.39 Å². The molecule has 1 aromatic carbocycles. The van der Waals surface area contributed by atoms with Gasteiger partial charge in [0.05, 0.1) is 15.8 Å². The molecule has 0 heterocycles. The molecule has 1 aliphatic carbocycles. The Bertz CT molecular complexity index is 428. The Morgan fingerprint density at radius 2 is 1.89 bits per heavy atom. The number of halogens is 2. The van der Waals surface area contributed by atoms with Crippen LogP contribution in [-0.4, -0.2) is 13.1 Å². The summed E-state index contributed by atoms with van der Waals surface area (Å²) in [4.78, 5) is 2.14. The van der Waals surface area contributed by atoms with Crippen LogP contribution in [0.5, 0.6) is 0 Å². The Hall–Kier alpha value is -0.770. The second-order valence-corrected chi connectivity index (χ2v) is 6.20. The second kappa shape index (κ2) is 5.47. The summed E-state index contributed by atoms with van der Waals surface area (Å²) in [6.07, 6.45) is 4.81. The number of nitrogens with zero attached hydrogens (tertiary/aromatic N) is 1. The molecule has 0 aliphatic heterocycles. The average molecular weight is 315 g/mol. The van der Waals surface area contributed by atoms with Crippen molar-refractivity contribution in [2.45, 2.75) is 38.6 Å². The largest absolute Gasteiger partial charge is 0.397 e. The molecule has 0 saturated heterocycles. The zero-order valence-corrected chi connectivity index (χ0v) is 12.5. The minimum Gasteiger partial charge on any atom is -0.397 e. The van der Waals surface area contributed by atoms with E-state index in [-0.39, 0.29) is 5.82 Å². The molecule has 2 N–H and O–H groups in total. The fraction of sp³-hybridized carbons (Fsp3) is 0.571. The number of nitrogen functional groups attached to an aromatic ring is 1. The Balaban J connectivity index is 2.18. The van der Waals surface area contributed by atoms with Crippen LogP contribution in [0.4, 0.5) is 15.8 Å². The zero-order chi connectivity index (χ0) is 13.3. The second-order valence-electron chi connectivity index (χ2n) is 5.35. The summed E-state index contributed by atoms with van der Waals surface area (Å²) >= 11 is 3.16. The SMILES string of the molecule is CC1CCC(N(C)c2cc(F)c(Br)cc2N)CC1. The Labute approximate surface area is 116 Å². The van der Waals surface area contributed by atoms with Gasteiger partial charge in [-0.3, -0.25) is 0 Å². The van der Waals surface area contributed by atoms with Crippen LogP contribution < -0.4 is 10.6 Å². The van der Waals surface area contributed by atoms with Gasteiger partial charge in [-0.2, -0.15) is 0 Å². The molecule has 0 aromatic heterocycles. The lowest BCUT2D eigenvalue weighted by Crippen LogP contribution is -2.35. The van der Waals surface area contributed by atoms with E-state index in [1.165, 1.54) is 18.9 Å². The predicted octanol–water partition coefficient (Wildman–Crippen LogP) is 4.19. The summed E-state index contributed by atoms with van der Waals surface area (Å²) in [5, 5.41) is 0. The molecule has 2 nitrogen and oxygen atoms in total. The van der Waals surface area contributed by atoms with E-state index in [0.29, 0.717) is 16.2 Å². The van der Waals surface area contributed by atoms with Gasteiger partial charge in [0.15, 0.2) is 0 Å². The Morgan fingerprint density at radius 1 is 1.28 bits per heavy atom. The van der Waals surface area contributed by atoms with Gasteiger partial charge in [0, 0.05) is 19.2 Å². The first-order valence-electron chi connectivity index (χ1n) is 6.46. The molecule has 1 saturated carbocycles. The van der Waals surface area contributed by atoms with Crippen molar-refractivity contribution in [3.63, 3.8) is 0 Å². The summed E-state index contributed by atoms with van der Waals surface area (Å²) in [6.45, 7) is 2.30. The standard InChI is InChI=1S/C14H20BrFN2/c1-9-3-5-10(6-4-9)18(2)14-8-12(16)11(15)7-13(14)17/h7-10H,3-6,17H2,1-2H3. The first kappa shape index (κ1) is 13.7. The van der Waals surface area contributed by atoms with Crippen molar-refractivity contribution in [2.24, 2.45) is 5.92 Å². The van der Waals surface area contributed by atoms with Crippen molar-refractivity contribution in [3.8, 4) is 0 Å². The van der Waals surface area contributed by atoms with Crippen LogP contribution in [0.25, 0.3) is 0 Å². The maximum Gasteiger partial charge on any atom is 0.139 e. The van der Waals surface area contributed by atoms with Crippen LogP contribution in [0.2, 0.25) is 0 Å². The van der Waals surface area contributed by atoms with E-state index >= 15 is 0 Å². The molecular formula is C14H20BrFN2. The van der Waals surface area contributed by atoms with Crippen LogP contribution in [0.3, 0.4) is 0 Å². The van der Waals surface area contributed by atoms with Crippen LogP contribution in [0.15, 0.2) is 16.6 Å². The average Bonchev–Trinajstić information content (AvgIpc) is 2.34. The molecule has 0 spiro atoms. The molecule has 100 valence electrons. The highest BCUT2D eigenvalue weighted by molar-refractivity contribution is 9.10. The Kier molecular flexibility index (Phi) is 4.15. The van der Waals surface area contributed by atoms with E-state index in [4.69, 9.17) is 5.73 Å². The minimum absolute atomic E-state index is 0.254. The first-order valence-corrected chi connectivity index (χ1v) is 7.25. The van der Waals surface area contributed by atoms with Crippen molar-refractivity contribution < 1.29 is 4.39 Å². The third kappa shape index (κ3) is 2.79. The maximum atomic E-state index is 13.6. The van der Waals surface area contributed by atoms with E-state index in [2.05, 4.69) is 27.8 Å². The molecule has 1 fully saturated rings. The van der Waals surface area contributed by atoms with Gasteiger partial charge in [-0.15, -0.1) is 0 Å². The summed E-state index contributed by atoms with van der Waals surface area (Å²) in [6, 6.07) is 3.65. The monoisotopic (exact) mass is 314 g/mol. The third-order valence-electron chi connectivity index (χ3n) is 3.98. The van der Waals surface area contributed by atoms with Crippen LogP contribution in [-0.2, 0) is 0 Å². The van der Waals surface area contributed by atoms with Gasteiger partial charge >= 0.3 is 0 Å². The van der Waals surface area contributed by atoms with Gasteiger partial charge < -0.3 is 10.6 Å². The number of rotatable bonds is 2. The van der Waals surface area contributed by atoms with E-state index in [1.807, 2.05) is 7.05 Å². The molecule has 0 radical (unpaired) electrons. The van der Waals surface area contributed by atoms with Crippen molar-refractivity contribution >= 4 is 27.3 Å². The van der Waals surface area contributed by atoms with Crippen molar-refractivity contribution in [1.29, 1.82) is 0 Å². The smallest absolute Gasteiger partial charge is 0.139 e. The normalized spacial score (nSPS) is 24.0. The minimum atomic E-state index is -0.254. The summed E-state index contributed by atoms with van der Waals surface area (Å²) in [5.74, 6) is 0.559. The first-order chi connectivity index (χ1) is 8.49. The number of hydrogen-bond donors (Lipinski definition) is 1. The van der Waals surface area contributed by atoms with Crippen molar-refractivity contribution in [3.05, 3.63) is 22.4 Å².